The van der Waals surface area contributed by atoms with E-state index in [1.54, 1.807) is 0 Å². The molecule has 0 fully saturated rings. The van der Waals surface area contributed by atoms with Crippen LogP contribution in [0.5, 0.6) is 0 Å². The molecule has 1 aliphatic rings. The number of fused-ring (bicyclic) bond motifs is 3. The van der Waals surface area contributed by atoms with Crippen molar-refractivity contribution in [3.63, 3.8) is 0 Å². The zero-order valence-electron chi connectivity index (χ0n) is 24.5. The molecule has 0 amide bonds. The smallest absolute Gasteiger partial charge is 0.164 e. The molecule has 0 unspecified atom stereocenters. The van der Waals surface area contributed by atoms with Crippen LogP contribution < -0.4 is 0 Å². The Labute approximate surface area is 261 Å². The molecule has 0 saturated heterocycles. The molecule has 0 spiro atoms. The van der Waals surface area contributed by atoms with Crippen molar-refractivity contribution >= 4 is 22.5 Å². The van der Waals surface area contributed by atoms with Crippen molar-refractivity contribution in [3.05, 3.63) is 151 Å². The lowest BCUT2D eigenvalue weighted by Gasteiger charge is -2.35. The normalized spacial score (nSPS) is 13.3. The Balaban J connectivity index is 1.29. The summed E-state index contributed by atoms with van der Waals surface area (Å²) in [7, 11) is 0. The van der Waals surface area contributed by atoms with Gasteiger partial charge in [-0.2, -0.15) is 0 Å². The lowest BCUT2D eigenvalue weighted by Crippen LogP contribution is -2.23. The third-order valence-corrected chi connectivity index (χ3v) is 9.74. The fraction of sp³-hybridized carbons (Fsp3) is 0.0750. The van der Waals surface area contributed by atoms with Crippen LogP contribution in [0.2, 0.25) is 0 Å². The first-order valence-corrected chi connectivity index (χ1v) is 15.7. The van der Waals surface area contributed by atoms with Gasteiger partial charge in [-0.1, -0.05) is 141 Å². The van der Waals surface area contributed by atoms with E-state index in [9.17, 15) is 0 Å². The van der Waals surface area contributed by atoms with E-state index in [0.29, 0.717) is 17.5 Å². The van der Waals surface area contributed by atoms with E-state index >= 15 is 0 Å². The van der Waals surface area contributed by atoms with Crippen molar-refractivity contribution in [2.45, 2.75) is 29.1 Å². The fourth-order valence-electron chi connectivity index (χ4n) is 6.21. The second-order valence-corrected chi connectivity index (χ2v) is 12.8. The SMILES string of the molecule is CC1(C)c2ccccc2Sc2ccc(-c3ccccc3-c3nc(-c4ccccc4)nc(-c4ccc5ccccc5c4)n3)cc21. The Kier molecular flexibility index (Phi) is 6.39. The fourth-order valence-corrected chi connectivity index (χ4v) is 7.59. The van der Waals surface area contributed by atoms with Crippen molar-refractivity contribution in [2.75, 3.05) is 0 Å². The van der Waals surface area contributed by atoms with Gasteiger partial charge in [0, 0.05) is 31.9 Å². The molecular weight excluding hydrogens is 555 g/mol. The highest BCUT2D eigenvalue weighted by Crippen LogP contribution is 2.50. The lowest BCUT2D eigenvalue weighted by atomic mass is 9.77. The molecule has 210 valence electrons. The predicted octanol–water partition coefficient (Wildman–Crippen LogP) is 10.5. The standard InChI is InChI=1S/C40H29N3S/c1-40(2)33-18-10-11-19-35(33)44-36-23-22-29(25-34(36)40)31-16-8-9-17-32(31)39-42-37(27-13-4-3-5-14-27)41-38(43-39)30-21-20-26-12-6-7-15-28(26)24-30/h3-25H,1-2H3. The third kappa shape index (κ3) is 4.59. The zero-order chi connectivity index (χ0) is 29.7. The summed E-state index contributed by atoms with van der Waals surface area (Å²) in [6.07, 6.45) is 0. The average molecular weight is 584 g/mol. The quantitative estimate of drug-likeness (QED) is 0.207. The minimum Gasteiger partial charge on any atom is -0.208 e. The van der Waals surface area contributed by atoms with E-state index in [1.165, 1.54) is 26.3 Å². The van der Waals surface area contributed by atoms with Crippen LogP contribution in [0.4, 0.5) is 0 Å². The van der Waals surface area contributed by atoms with Crippen molar-refractivity contribution in [2.24, 2.45) is 0 Å². The van der Waals surface area contributed by atoms with Crippen LogP contribution in [-0.4, -0.2) is 15.0 Å². The Morgan fingerprint density at radius 1 is 0.432 bits per heavy atom. The summed E-state index contributed by atoms with van der Waals surface area (Å²) >= 11 is 1.86. The van der Waals surface area contributed by atoms with Gasteiger partial charge in [0.25, 0.3) is 0 Å². The van der Waals surface area contributed by atoms with Gasteiger partial charge in [-0.05, 0) is 57.3 Å². The molecule has 0 saturated carbocycles. The summed E-state index contributed by atoms with van der Waals surface area (Å²) in [5, 5.41) is 2.35. The van der Waals surface area contributed by atoms with Gasteiger partial charge in [0.1, 0.15) is 0 Å². The molecule has 3 nitrogen and oxygen atoms in total. The van der Waals surface area contributed by atoms with Crippen LogP contribution in [0.3, 0.4) is 0 Å². The maximum Gasteiger partial charge on any atom is 0.164 e. The second kappa shape index (κ2) is 10.6. The molecule has 8 rings (SSSR count). The van der Waals surface area contributed by atoms with Crippen molar-refractivity contribution in [3.8, 4) is 45.3 Å². The Bertz CT molecular complexity index is 2190. The van der Waals surface area contributed by atoms with Crippen LogP contribution in [-0.2, 0) is 5.41 Å². The topological polar surface area (TPSA) is 38.7 Å². The molecule has 0 N–H and O–H groups in total. The van der Waals surface area contributed by atoms with Crippen LogP contribution >= 0.6 is 11.8 Å². The highest BCUT2D eigenvalue weighted by molar-refractivity contribution is 7.99. The van der Waals surface area contributed by atoms with E-state index < -0.39 is 0 Å². The van der Waals surface area contributed by atoms with Gasteiger partial charge < -0.3 is 0 Å². The van der Waals surface area contributed by atoms with E-state index in [4.69, 9.17) is 15.0 Å². The Hall–Kier alpha value is -5.06. The van der Waals surface area contributed by atoms with E-state index in [1.807, 2.05) is 30.0 Å². The van der Waals surface area contributed by atoms with Crippen molar-refractivity contribution in [1.29, 1.82) is 0 Å². The molecule has 2 heterocycles. The predicted molar refractivity (Wildman–Crippen MR) is 182 cm³/mol. The number of benzene rings is 6. The number of rotatable bonds is 4. The molecule has 0 radical (unpaired) electrons. The molecule has 6 aromatic carbocycles. The van der Waals surface area contributed by atoms with Gasteiger partial charge in [-0.15, -0.1) is 0 Å². The average Bonchev–Trinajstić information content (AvgIpc) is 3.08. The minimum absolute atomic E-state index is 0.112. The molecule has 44 heavy (non-hydrogen) atoms. The second-order valence-electron chi connectivity index (χ2n) is 11.7. The summed E-state index contributed by atoms with van der Waals surface area (Å²) in [5.74, 6) is 1.98. The monoisotopic (exact) mass is 583 g/mol. The third-order valence-electron chi connectivity index (χ3n) is 8.59. The molecule has 1 aromatic heterocycles. The molecular formula is C40H29N3S. The number of hydrogen-bond acceptors (Lipinski definition) is 4. The van der Waals surface area contributed by atoms with Crippen molar-refractivity contribution < 1.29 is 0 Å². The minimum atomic E-state index is -0.112. The molecule has 0 bridgehead atoms. The summed E-state index contributed by atoms with van der Waals surface area (Å²) < 4.78 is 0. The molecule has 1 aliphatic heterocycles. The maximum absolute atomic E-state index is 5.11. The van der Waals surface area contributed by atoms with Gasteiger partial charge in [-0.25, -0.2) is 15.0 Å². The lowest BCUT2D eigenvalue weighted by molar-refractivity contribution is 0.607. The van der Waals surface area contributed by atoms with Crippen LogP contribution in [0.15, 0.2) is 149 Å². The van der Waals surface area contributed by atoms with Gasteiger partial charge in [-0.3, -0.25) is 0 Å². The summed E-state index contributed by atoms with van der Waals surface area (Å²) in [6.45, 7) is 4.65. The van der Waals surface area contributed by atoms with Gasteiger partial charge in [0.2, 0.25) is 0 Å². The van der Waals surface area contributed by atoms with E-state index in [-0.39, 0.29) is 5.41 Å². The molecule has 4 heteroatoms. The van der Waals surface area contributed by atoms with Crippen molar-refractivity contribution in [1.82, 2.24) is 15.0 Å². The van der Waals surface area contributed by atoms with Crippen LogP contribution in [0.1, 0.15) is 25.0 Å². The molecule has 7 aromatic rings. The first-order valence-electron chi connectivity index (χ1n) is 14.9. The summed E-state index contributed by atoms with van der Waals surface area (Å²) in [5.41, 5.74) is 7.76. The number of aromatic nitrogens is 3. The van der Waals surface area contributed by atoms with Crippen LogP contribution in [0, 0.1) is 0 Å². The van der Waals surface area contributed by atoms with Gasteiger partial charge >= 0.3 is 0 Å². The van der Waals surface area contributed by atoms with Crippen LogP contribution in [0.25, 0.3) is 56.1 Å². The highest BCUT2D eigenvalue weighted by Gasteiger charge is 2.33. The van der Waals surface area contributed by atoms with Gasteiger partial charge in [0.05, 0.1) is 0 Å². The Morgan fingerprint density at radius 3 is 1.89 bits per heavy atom. The summed E-state index contributed by atoms with van der Waals surface area (Å²) in [6, 6.07) is 49.0. The zero-order valence-corrected chi connectivity index (χ0v) is 25.3. The number of hydrogen-bond donors (Lipinski definition) is 0. The number of nitrogens with zero attached hydrogens (tertiary/aromatic N) is 3. The largest absolute Gasteiger partial charge is 0.208 e. The first kappa shape index (κ1) is 26.6. The first-order chi connectivity index (χ1) is 21.5. The molecule has 0 atom stereocenters. The molecule has 0 aliphatic carbocycles. The van der Waals surface area contributed by atoms with Gasteiger partial charge in [0.15, 0.2) is 17.5 Å². The van der Waals surface area contributed by atoms with E-state index in [0.717, 1.165) is 33.2 Å². The summed E-state index contributed by atoms with van der Waals surface area (Å²) in [4.78, 5) is 17.8. The maximum atomic E-state index is 5.11. The van der Waals surface area contributed by atoms with E-state index in [2.05, 4.69) is 135 Å². The highest BCUT2D eigenvalue weighted by atomic mass is 32.2. The Morgan fingerprint density at radius 2 is 1.05 bits per heavy atom.